The maximum absolute atomic E-state index is 7.06. The van der Waals surface area contributed by atoms with Crippen LogP contribution in [0.2, 0.25) is 18.1 Å². The lowest BCUT2D eigenvalue weighted by molar-refractivity contribution is -0.0000102. The Kier molecular flexibility index (Phi) is 13.4. The number of nitrogens with zero attached hydrogens (tertiary/aromatic N) is 1. The molecule has 44 heavy (non-hydrogen) atoms. The minimum absolute atomic E-state index is 0. The van der Waals surface area contributed by atoms with Gasteiger partial charge in [0.25, 0.3) is 0 Å². The molecule has 0 amide bonds. The molecule has 3 aromatic carbocycles. The normalized spacial score (nSPS) is 13.8. The topological polar surface area (TPSA) is 22.1 Å². The summed E-state index contributed by atoms with van der Waals surface area (Å²) >= 11 is 1.70. The summed E-state index contributed by atoms with van der Waals surface area (Å²) < 4.78 is 7.06. The summed E-state index contributed by atoms with van der Waals surface area (Å²) in [4.78, 5) is 4.70. The molecular weight excluding hydrogens is 704 g/mol. The van der Waals surface area contributed by atoms with Gasteiger partial charge in [-0.1, -0.05) is 87.0 Å². The molecule has 0 spiro atoms. The van der Waals surface area contributed by atoms with E-state index < -0.39 is 15.6 Å². The number of thiazole rings is 1. The first kappa shape index (κ1) is 36.6. The number of benzene rings is 3. The fourth-order valence-corrected chi connectivity index (χ4v) is 11.6. The third-order valence-electron chi connectivity index (χ3n) is 8.88. The molecule has 0 aliphatic heterocycles. The first-order valence-corrected chi connectivity index (χ1v) is 21.2. The highest BCUT2D eigenvalue weighted by atomic mass is 127. The summed E-state index contributed by atoms with van der Waals surface area (Å²) in [5.41, 5.74) is 3.71. The maximum atomic E-state index is 7.06. The third-order valence-corrected chi connectivity index (χ3v) is 18.6. The number of hydrogen-bond donors (Lipinski definition) is 0. The maximum Gasteiger partial charge on any atom is 0.192 e. The summed E-state index contributed by atoms with van der Waals surface area (Å²) in [6, 6.07) is 33.6. The Morgan fingerprint density at radius 2 is 1.34 bits per heavy atom. The molecule has 0 saturated heterocycles. The van der Waals surface area contributed by atoms with E-state index in [0.717, 1.165) is 29.7 Å². The predicted octanol–water partition coefficient (Wildman–Crippen LogP) is 6.97. The highest BCUT2D eigenvalue weighted by Crippen LogP contribution is 2.56. The lowest BCUT2D eigenvalue weighted by atomic mass is 10.1. The van der Waals surface area contributed by atoms with Crippen LogP contribution in [0, 0.1) is 6.92 Å². The van der Waals surface area contributed by atoms with E-state index >= 15 is 0 Å². The summed E-state index contributed by atoms with van der Waals surface area (Å²) in [5, 5.41) is 7.71. The van der Waals surface area contributed by atoms with Gasteiger partial charge in [-0.2, -0.15) is 0 Å². The molecule has 0 aliphatic carbocycles. The Labute approximate surface area is 289 Å². The number of aryl methyl sites for hydroxylation is 1. The van der Waals surface area contributed by atoms with Crippen LogP contribution in [0.4, 0.5) is 0 Å². The van der Waals surface area contributed by atoms with Crippen LogP contribution >= 0.6 is 18.6 Å². The lowest BCUT2D eigenvalue weighted by Gasteiger charge is -2.39. The summed E-state index contributed by atoms with van der Waals surface area (Å²) in [6.45, 7) is 18.3. The van der Waals surface area contributed by atoms with Crippen molar-refractivity contribution in [3.8, 4) is 0 Å². The SMILES string of the molecule is C/C(=C/C[C@H](O[Si](C)(C)C(C)(C)C)/C(C)=C/c1csc(C)n1)CC[P+](c1ccccc1)(c1ccccc1)c1ccccc1.[I-]. The van der Waals surface area contributed by atoms with E-state index in [0.29, 0.717) is 0 Å². The molecule has 0 saturated carbocycles. The van der Waals surface area contributed by atoms with Gasteiger partial charge in [0.1, 0.15) is 23.2 Å². The van der Waals surface area contributed by atoms with Crippen LogP contribution in [0.3, 0.4) is 0 Å². The second-order valence-electron chi connectivity index (χ2n) is 13.1. The average molecular weight is 754 g/mol. The van der Waals surface area contributed by atoms with E-state index in [1.807, 2.05) is 0 Å². The van der Waals surface area contributed by atoms with Crippen LogP contribution in [0.25, 0.3) is 6.08 Å². The quantitative estimate of drug-likeness (QED) is 0.0676. The number of rotatable bonds is 12. The smallest absolute Gasteiger partial charge is 0.192 e. The van der Waals surface area contributed by atoms with Crippen LogP contribution in [0.1, 0.15) is 58.2 Å². The van der Waals surface area contributed by atoms with Gasteiger partial charge >= 0.3 is 0 Å². The van der Waals surface area contributed by atoms with Crippen molar-refractivity contribution >= 4 is 48.9 Å². The van der Waals surface area contributed by atoms with Crippen molar-refractivity contribution in [1.82, 2.24) is 4.98 Å². The first-order chi connectivity index (χ1) is 20.4. The Bertz CT molecular complexity index is 1410. The van der Waals surface area contributed by atoms with E-state index in [-0.39, 0.29) is 35.1 Å². The fraction of sp³-hybridized carbons (Fsp3) is 0.342. The summed E-state index contributed by atoms with van der Waals surface area (Å²) in [7, 11) is -3.83. The largest absolute Gasteiger partial charge is 1.00 e. The van der Waals surface area contributed by atoms with E-state index in [1.54, 1.807) is 11.3 Å². The van der Waals surface area contributed by atoms with Crippen molar-refractivity contribution in [2.24, 2.45) is 0 Å². The van der Waals surface area contributed by atoms with Gasteiger partial charge in [-0.05, 0) is 93.4 Å². The van der Waals surface area contributed by atoms with Crippen LogP contribution in [-0.4, -0.2) is 25.6 Å². The number of halogens is 1. The van der Waals surface area contributed by atoms with Gasteiger partial charge in [0.05, 0.1) is 23.0 Å². The van der Waals surface area contributed by atoms with Gasteiger partial charge in [0.15, 0.2) is 8.32 Å². The molecular formula is C38H49INOPSSi. The first-order valence-electron chi connectivity index (χ1n) is 15.4. The molecule has 4 rings (SSSR count). The molecule has 0 N–H and O–H groups in total. The molecule has 0 unspecified atom stereocenters. The Morgan fingerprint density at radius 1 is 0.864 bits per heavy atom. The van der Waals surface area contributed by atoms with Crippen molar-refractivity contribution in [1.29, 1.82) is 0 Å². The van der Waals surface area contributed by atoms with Crippen molar-refractivity contribution in [2.75, 3.05) is 6.16 Å². The Morgan fingerprint density at radius 3 is 1.75 bits per heavy atom. The zero-order chi connectivity index (χ0) is 31.1. The number of aromatic nitrogens is 1. The highest BCUT2D eigenvalue weighted by Gasteiger charge is 2.44. The minimum Gasteiger partial charge on any atom is -1.00 e. The van der Waals surface area contributed by atoms with Gasteiger partial charge in [0.2, 0.25) is 0 Å². The molecule has 0 aliphatic rings. The number of allylic oxidation sites excluding steroid dienone is 1. The zero-order valence-electron chi connectivity index (χ0n) is 27.7. The third kappa shape index (κ3) is 9.10. The van der Waals surface area contributed by atoms with E-state index in [2.05, 4.69) is 163 Å². The molecule has 234 valence electrons. The highest BCUT2D eigenvalue weighted by molar-refractivity contribution is 7.95. The molecule has 0 fully saturated rings. The van der Waals surface area contributed by atoms with Crippen molar-refractivity contribution in [3.63, 3.8) is 0 Å². The molecule has 4 aromatic rings. The van der Waals surface area contributed by atoms with Gasteiger partial charge in [0, 0.05) is 11.8 Å². The summed E-state index contributed by atoms with van der Waals surface area (Å²) in [5.74, 6) is 0. The minimum atomic E-state index is -1.98. The van der Waals surface area contributed by atoms with Gasteiger partial charge in [-0.15, -0.1) is 11.3 Å². The fourth-order valence-electron chi connectivity index (χ4n) is 5.27. The van der Waals surface area contributed by atoms with Crippen molar-refractivity contribution < 1.29 is 28.4 Å². The summed E-state index contributed by atoms with van der Waals surface area (Å²) in [6.07, 6.45) is 7.70. The van der Waals surface area contributed by atoms with Crippen LogP contribution in [0.15, 0.2) is 114 Å². The standard InChI is InChI=1S/C38H49NOPSSi.HI/c1-30(24-25-37(40-43(7,8)38(4,5)6)31(2)28-33-29-42-32(3)39-33)26-27-41(34-18-12-9-13-19-34,35-20-14-10-15-21-35)36-22-16-11-17-23-36;/h9-24,28-29,37H,25-27H2,1-8H3;1H/q+1;/p-1/b30-24-,31-28+;/t37-;/m0./s1. The monoisotopic (exact) mass is 753 g/mol. The molecule has 0 bridgehead atoms. The number of hydrogen-bond acceptors (Lipinski definition) is 3. The van der Waals surface area contributed by atoms with Gasteiger partial charge in [-0.3, -0.25) is 0 Å². The average Bonchev–Trinajstić information content (AvgIpc) is 3.40. The van der Waals surface area contributed by atoms with Gasteiger partial charge < -0.3 is 28.4 Å². The van der Waals surface area contributed by atoms with Gasteiger partial charge in [-0.25, -0.2) is 4.98 Å². The molecule has 1 atom stereocenters. The van der Waals surface area contributed by atoms with Crippen molar-refractivity contribution in [2.45, 2.75) is 78.6 Å². The van der Waals surface area contributed by atoms with E-state index in [9.17, 15) is 0 Å². The Balaban J connectivity index is 0.00000529. The second-order valence-corrected chi connectivity index (χ2v) is 22.6. The van der Waals surface area contributed by atoms with Crippen LogP contribution < -0.4 is 39.9 Å². The molecule has 1 heterocycles. The van der Waals surface area contributed by atoms with E-state index in [4.69, 9.17) is 9.41 Å². The van der Waals surface area contributed by atoms with Crippen LogP contribution in [0.5, 0.6) is 0 Å². The second kappa shape index (κ2) is 16.1. The lowest BCUT2D eigenvalue weighted by Crippen LogP contribution is -3.00. The van der Waals surface area contributed by atoms with Crippen LogP contribution in [-0.2, 0) is 4.43 Å². The molecule has 0 radical (unpaired) electrons. The molecule has 2 nitrogen and oxygen atoms in total. The van der Waals surface area contributed by atoms with Crippen molar-refractivity contribution in [3.05, 3.63) is 124 Å². The molecule has 6 heteroatoms. The van der Waals surface area contributed by atoms with E-state index in [1.165, 1.54) is 27.1 Å². The molecule has 1 aromatic heterocycles. The predicted molar refractivity (Wildman–Crippen MR) is 196 cm³/mol. The Hall–Kier alpha value is -1.89. The zero-order valence-corrected chi connectivity index (χ0v) is 32.5.